The lowest BCUT2D eigenvalue weighted by Crippen LogP contribution is -2.22. The molecule has 33 heavy (non-hydrogen) atoms. The minimum absolute atomic E-state index is 0.0467. The number of fused-ring (bicyclic) bond motifs is 3. The van der Waals surface area contributed by atoms with Gasteiger partial charge in [-0.05, 0) is 35.9 Å². The number of alkyl halides is 3. The van der Waals surface area contributed by atoms with E-state index < -0.39 is 23.1 Å². The molecule has 5 rings (SSSR count). The molecule has 4 nitrogen and oxygen atoms in total. The molecule has 0 saturated carbocycles. The number of nitrogens with zero attached hydrogens (tertiary/aromatic N) is 2. The first-order chi connectivity index (χ1) is 15.8. The van der Waals surface area contributed by atoms with Crippen molar-refractivity contribution < 1.29 is 17.6 Å². The van der Waals surface area contributed by atoms with Crippen molar-refractivity contribution in [3.05, 3.63) is 100 Å². The average molecular weight is 469 g/mol. The van der Waals surface area contributed by atoms with Crippen molar-refractivity contribution in [3.63, 3.8) is 0 Å². The topological polar surface area (TPSA) is 50.7 Å². The first kappa shape index (κ1) is 21.3. The number of hydrogen-bond donors (Lipinski definition) is 1. The van der Waals surface area contributed by atoms with Gasteiger partial charge in [0.05, 0.1) is 11.3 Å². The summed E-state index contributed by atoms with van der Waals surface area (Å²) in [5.74, 6) is -0.347. The summed E-state index contributed by atoms with van der Waals surface area (Å²) in [7, 11) is 0. The molecule has 0 saturated heterocycles. The van der Waals surface area contributed by atoms with Gasteiger partial charge in [-0.15, -0.1) is 0 Å². The molecule has 9 heteroatoms. The SMILES string of the molecule is O=c1c2[nH]c3ccccc3c2nc(SCc2ccc(C(F)(F)F)cc2)n1-c1ccccc1F. The highest BCUT2D eigenvalue weighted by molar-refractivity contribution is 7.98. The smallest absolute Gasteiger partial charge is 0.349 e. The molecule has 0 aliphatic heterocycles. The van der Waals surface area contributed by atoms with Gasteiger partial charge in [0, 0.05) is 16.7 Å². The summed E-state index contributed by atoms with van der Waals surface area (Å²) in [6, 6.07) is 18.0. The molecule has 5 aromatic rings. The Morgan fingerprint density at radius 3 is 2.36 bits per heavy atom. The molecule has 0 atom stereocenters. The summed E-state index contributed by atoms with van der Waals surface area (Å²) >= 11 is 1.15. The number of nitrogens with one attached hydrogen (secondary N) is 1. The van der Waals surface area contributed by atoms with Crippen LogP contribution in [0.1, 0.15) is 11.1 Å². The molecular formula is C24H15F4N3OS. The van der Waals surface area contributed by atoms with E-state index in [2.05, 4.69) is 9.97 Å². The number of hydrogen-bond acceptors (Lipinski definition) is 3. The van der Waals surface area contributed by atoms with E-state index >= 15 is 0 Å². The predicted molar refractivity (Wildman–Crippen MR) is 120 cm³/mol. The van der Waals surface area contributed by atoms with Gasteiger partial charge in [0.1, 0.15) is 16.9 Å². The van der Waals surface area contributed by atoms with Crippen molar-refractivity contribution in [2.75, 3.05) is 0 Å². The van der Waals surface area contributed by atoms with Crippen molar-refractivity contribution in [1.29, 1.82) is 0 Å². The van der Waals surface area contributed by atoms with Gasteiger partial charge in [0.25, 0.3) is 5.56 Å². The van der Waals surface area contributed by atoms with Crippen LogP contribution in [0.4, 0.5) is 17.6 Å². The molecule has 0 bridgehead atoms. The lowest BCUT2D eigenvalue weighted by atomic mass is 10.1. The molecule has 166 valence electrons. The van der Waals surface area contributed by atoms with Crippen molar-refractivity contribution in [1.82, 2.24) is 14.5 Å². The number of rotatable bonds is 4. The largest absolute Gasteiger partial charge is 0.416 e. The second-order valence-corrected chi connectivity index (χ2v) is 8.31. The molecular weight excluding hydrogens is 454 g/mol. The Hall–Kier alpha value is -3.59. The molecule has 0 spiro atoms. The van der Waals surface area contributed by atoms with Crippen LogP contribution in [-0.4, -0.2) is 14.5 Å². The zero-order valence-corrected chi connectivity index (χ0v) is 17.7. The summed E-state index contributed by atoms with van der Waals surface area (Å²) in [6.07, 6.45) is -4.42. The Morgan fingerprint density at radius 1 is 0.939 bits per heavy atom. The van der Waals surface area contributed by atoms with Crippen LogP contribution in [0.5, 0.6) is 0 Å². The second-order valence-electron chi connectivity index (χ2n) is 7.36. The molecule has 1 N–H and O–H groups in total. The van der Waals surface area contributed by atoms with Gasteiger partial charge in [-0.2, -0.15) is 13.2 Å². The van der Waals surface area contributed by atoms with E-state index in [1.165, 1.54) is 34.9 Å². The molecule has 0 amide bonds. The molecule has 0 fully saturated rings. The fraction of sp³-hybridized carbons (Fsp3) is 0.0833. The third-order valence-electron chi connectivity index (χ3n) is 5.24. The standard InChI is InChI=1S/C24H15F4N3OS/c25-17-6-2-4-8-19(17)31-22(32)21-20(16-5-1-3-7-18(16)29-21)30-23(31)33-13-14-9-11-15(12-10-14)24(26,27)28/h1-12,29H,13H2. The van der Waals surface area contributed by atoms with Gasteiger partial charge in [-0.1, -0.05) is 54.2 Å². The number of aromatic amines is 1. The second kappa shape index (κ2) is 8.08. The number of aromatic nitrogens is 3. The third-order valence-corrected chi connectivity index (χ3v) is 6.25. The van der Waals surface area contributed by atoms with E-state index in [1.807, 2.05) is 24.3 Å². The molecule has 3 aromatic carbocycles. The van der Waals surface area contributed by atoms with Crippen LogP contribution in [0.25, 0.3) is 27.6 Å². The fourth-order valence-corrected chi connectivity index (χ4v) is 4.58. The van der Waals surface area contributed by atoms with Crippen LogP contribution in [0.15, 0.2) is 82.7 Å². The average Bonchev–Trinajstić information content (AvgIpc) is 3.17. The van der Waals surface area contributed by atoms with Crippen LogP contribution in [0, 0.1) is 5.82 Å². The molecule has 2 aromatic heterocycles. The van der Waals surface area contributed by atoms with E-state index in [4.69, 9.17) is 0 Å². The van der Waals surface area contributed by atoms with Crippen LogP contribution >= 0.6 is 11.8 Å². The van der Waals surface area contributed by atoms with Gasteiger partial charge in [0.2, 0.25) is 0 Å². The summed E-state index contributed by atoms with van der Waals surface area (Å²) in [6.45, 7) is 0. The highest BCUT2D eigenvalue weighted by Gasteiger charge is 2.30. The summed E-state index contributed by atoms with van der Waals surface area (Å²) in [5.41, 5.74) is 0.888. The molecule has 0 aliphatic carbocycles. The maximum absolute atomic E-state index is 14.6. The molecule has 2 heterocycles. The zero-order chi connectivity index (χ0) is 23.2. The fourth-order valence-electron chi connectivity index (χ4n) is 3.62. The lowest BCUT2D eigenvalue weighted by molar-refractivity contribution is -0.137. The third kappa shape index (κ3) is 3.89. The lowest BCUT2D eigenvalue weighted by Gasteiger charge is -2.13. The summed E-state index contributed by atoms with van der Waals surface area (Å²) < 4.78 is 54.4. The van der Waals surface area contributed by atoms with E-state index in [0.29, 0.717) is 11.1 Å². The van der Waals surface area contributed by atoms with Gasteiger partial charge in [-0.25, -0.2) is 9.37 Å². The van der Waals surface area contributed by atoms with Crippen LogP contribution in [0.2, 0.25) is 0 Å². The Kier molecular flexibility index (Phi) is 5.20. The van der Waals surface area contributed by atoms with E-state index in [9.17, 15) is 22.4 Å². The number of benzene rings is 3. The summed E-state index contributed by atoms with van der Waals surface area (Å²) in [4.78, 5) is 21.1. The number of halogens is 4. The Balaban J connectivity index is 1.63. The number of thioether (sulfide) groups is 1. The van der Waals surface area contributed by atoms with Crippen LogP contribution in [0.3, 0.4) is 0 Å². The van der Waals surface area contributed by atoms with Gasteiger partial charge in [0.15, 0.2) is 5.16 Å². The Labute approximate surface area is 188 Å². The minimum atomic E-state index is -4.42. The maximum atomic E-state index is 14.6. The van der Waals surface area contributed by atoms with Crippen molar-refractivity contribution >= 4 is 33.7 Å². The van der Waals surface area contributed by atoms with Gasteiger partial charge >= 0.3 is 6.18 Å². The molecule has 0 unspecified atom stereocenters. The van der Waals surface area contributed by atoms with E-state index in [0.717, 1.165) is 34.8 Å². The van der Waals surface area contributed by atoms with Crippen molar-refractivity contribution in [2.45, 2.75) is 17.1 Å². The minimum Gasteiger partial charge on any atom is -0.349 e. The highest BCUT2D eigenvalue weighted by atomic mass is 32.2. The number of para-hydroxylation sites is 2. The van der Waals surface area contributed by atoms with Crippen molar-refractivity contribution in [3.8, 4) is 5.69 Å². The summed E-state index contributed by atoms with van der Waals surface area (Å²) in [5, 5.41) is 0.990. The number of H-pyrrole nitrogens is 1. The van der Waals surface area contributed by atoms with Crippen LogP contribution < -0.4 is 5.56 Å². The van der Waals surface area contributed by atoms with Gasteiger partial charge < -0.3 is 4.98 Å². The predicted octanol–water partition coefficient (Wildman–Crippen LogP) is 6.32. The van der Waals surface area contributed by atoms with E-state index in [1.54, 1.807) is 6.07 Å². The molecule has 0 radical (unpaired) electrons. The highest BCUT2D eigenvalue weighted by Crippen LogP contribution is 2.31. The molecule has 0 aliphatic rings. The first-order valence-electron chi connectivity index (χ1n) is 9.90. The first-order valence-corrected chi connectivity index (χ1v) is 10.9. The maximum Gasteiger partial charge on any atom is 0.416 e. The quantitative estimate of drug-likeness (QED) is 0.190. The Morgan fingerprint density at radius 2 is 1.64 bits per heavy atom. The van der Waals surface area contributed by atoms with E-state index in [-0.39, 0.29) is 22.1 Å². The Bertz CT molecular complexity index is 1540. The zero-order valence-electron chi connectivity index (χ0n) is 16.9. The monoisotopic (exact) mass is 469 g/mol. The normalized spacial score (nSPS) is 12.0. The van der Waals surface area contributed by atoms with Gasteiger partial charge in [-0.3, -0.25) is 9.36 Å². The van der Waals surface area contributed by atoms with Crippen LogP contribution in [-0.2, 0) is 11.9 Å². The van der Waals surface area contributed by atoms with Crippen molar-refractivity contribution in [2.24, 2.45) is 0 Å².